The average molecular weight is 372 g/mol. The van der Waals surface area contributed by atoms with E-state index in [2.05, 4.69) is 36.8 Å². The van der Waals surface area contributed by atoms with Crippen LogP contribution in [0.25, 0.3) is 0 Å². The Morgan fingerprint density at radius 2 is 1.96 bits per heavy atom. The molecule has 0 spiro atoms. The number of hydrogen-bond donors (Lipinski definition) is 1. The third-order valence-electron chi connectivity index (χ3n) is 5.55. The number of benzene rings is 2. The Balaban J connectivity index is 1.75. The number of hydrogen-bond acceptors (Lipinski definition) is 3. The molecular formula is C22H29NO2S. The summed E-state index contributed by atoms with van der Waals surface area (Å²) < 4.78 is 12.5. The summed E-state index contributed by atoms with van der Waals surface area (Å²) in [6.45, 7) is 8.20. The monoisotopic (exact) mass is 371 g/mol. The number of nitrogens with zero attached hydrogens (tertiary/aromatic N) is 1. The number of rotatable bonds is 5. The van der Waals surface area contributed by atoms with Crippen molar-refractivity contribution in [3.8, 4) is 5.75 Å². The van der Waals surface area contributed by atoms with Gasteiger partial charge in [-0.15, -0.1) is 0 Å². The fourth-order valence-electron chi connectivity index (χ4n) is 3.71. The second-order valence-corrected chi connectivity index (χ2v) is 10.6. The highest BCUT2D eigenvalue weighted by Gasteiger charge is 2.33. The highest BCUT2D eigenvalue weighted by Crippen LogP contribution is 2.35. The smallest absolute Gasteiger partial charge is 0.118 e. The highest BCUT2D eigenvalue weighted by molar-refractivity contribution is 7.99. The van der Waals surface area contributed by atoms with Crippen LogP contribution in [0.2, 0.25) is 0 Å². The minimum Gasteiger partial charge on any atom is -0.508 e. The topological polar surface area (TPSA) is 40.5 Å². The van der Waals surface area contributed by atoms with Gasteiger partial charge in [-0.05, 0) is 83.4 Å². The summed E-state index contributed by atoms with van der Waals surface area (Å²) >= 11 is 0. The molecule has 0 saturated heterocycles. The second-order valence-electron chi connectivity index (χ2n) is 8.19. The van der Waals surface area contributed by atoms with Crippen LogP contribution in [0, 0.1) is 6.92 Å². The molecule has 26 heavy (non-hydrogen) atoms. The summed E-state index contributed by atoms with van der Waals surface area (Å²) in [6, 6.07) is 12.0. The molecule has 0 fully saturated rings. The lowest BCUT2D eigenvalue weighted by Crippen LogP contribution is -2.40. The molecule has 4 heteroatoms. The van der Waals surface area contributed by atoms with E-state index in [1.54, 1.807) is 12.3 Å². The number of fused-ring (bicyclic) bond motifs is 1. The first-order chi connectivity index (χ1) is 12.1. The SMILES string of the molecule is C=S(C)(=O)c1cccc2c1CN(C(C)(C)CCc1ccc(O)c(C)c1)C2. The van der Waals surface area contributed by atoms with E-state index in [0.29, 0.717) is 5.75 Å². The van der Waals surface area contributed by atoms with Crippen molar-refractivity contribution < 1.29 is 9.32 Å². The Morgan fingerprint density at radius 1 is 1.23 bits per heavy atom. The lowest BCUT2D eigenvalue weighted by atomic mass is 9.93. The number of aryl methyl sites for hydroxylation is 2. The summed E-state index contributed by atoms with van der Waals surface area (Å²) in [5.41, 5.74) is 4.67. The Bertz CT molecular complexity index is 929. The van der Waals surface area contributed by atoms with E-state index in [1.165, 1.54) is 16.7 Å². The summed E-state index contributed by atoms with van der Waals surface area (Å²) in [7, 11) is -2.21. The van der Waals surface area contributed by atoms with E-state index in [4.69, 9.17) is 0 Å². The predicted octanol–water partition coefficient (Wildman–Crippen LogP) is 4.13. The van der Waals surface area contributed by atoms with Crippen LogP contribution in [0.15, 0.2) is 41.3 Å². The Kier molecular flexibility index (Phi) is 4.93. The average Bonchev–Trinajstić information content (AvgIpc) is 3.00. The maximum absolute atomic E-state index is 12.5. The number of phenols is 1. The van der Waals surface area contributed by atoms with Gasteiger partial charge in [0.15, 0.2) is 0 Å². The van der Waals surface area contributed by atoms with Crippen molar-refractivity contribution in [2.45, 2.75) is 57.1 Å². The highest BCUT2D eigenvalue weighted by atomic mass is 32.2. The van der Waals surface area contributed by atoms with Crippen molar-refractivity contribution >= 4 is 15.4 Å². The van der Waals surface area contributed by atoms with Gasteiger partial charge in [-0.3, -0.25) is 9.11 Å². The van der Waals surface area contributed by atoms with Crippen molar-refractivity contribution in [2.24, 2.45) is 0 Å². The first-order valence-corrected chi connectivity index (χ1v) is 11.2. The molecule has 0 aromatic heterocycles. The van der Waals surface area contributed by atoms with Crippen LogP contribution >= 0.6 is 0 Å². The van der Waals surface area contributed by atoms with Gasteiger partial charge in [-0.1, -0.05) is 24.3 Å². The van der Waals surface area contributed by atoms with Crippen LogP contribution in [-0.4, -0.2) is 31.9 Å². The zero-order valence-electron chi connectivity index (χ0n) is 16.2. The molecule has 2 aromatic carbocycles. The molecule has 3 rings (SSSR count). The fraction of sp³-hybridized carbons (Fsp3) is 0.409. The summed E-state index contributed by atoms with van der Waals surface area (Å²) in [6.07, 6.45) is 3.71. The van der Waals surface area contributed by atoms with Crippen LogP contribution in [0.1, 0.15) is 42.5 Å². The molecule has 140 valence electrons. The quantitative estimate of drug-likeness (QED) is 0.803. The molecule has 0 radical (unpaired) electrons. The normalized spacial score (nSPS) is 17.1. The predicted molar refractivity (Wildman–Crippen MR) is 110 cm³/mol. The molecule has 0 bridgehead atoms. The molecule has 0 saturated carbocycles. The van der Waals surface area contributed by atoms with Crippen molar-refractivity contribution in [1.82, 2.24) is 4.90 Å². The maximum atomic E-state index is 12.5. The van der Waals surface area contributed by atoms with E-state index in [-0.39, 0.29) is 5.54 Å². The van der Waals surface area contributed by atoms with Gasteiger partial charge >= 0.3 is 0 Å². The molecule has 1 atom stereocenters. The van der Waals surface area contributed by atoms with Gasteiger partial charge in [-0.2, -0.15) is 0 Å². The van der Waals surface area contributed by atoms with Crippen LogP contribution in [0.3, 0.4) is 0 Å². The lowest BCUT2D eigenvalue weighted by Gasteiger charge is -2.35. The molecule has 1 aliphatic rings. The van der Waals surface area contributed by atoms with Crippen molar-refractivity contribution in [3.63, 3.8) is 0 Å². The van der Waals surface area contributed by atoms with Crippen molar-refractivity contribution in [2.75, 3.05) is 6.26 Å². The number of phenolic OH excluding ortho intramolecular Hbond substituents is 1. The van der Waals surface area contributed by atoms with E-state index in [9.17, 15) is 9.32 Å². The van der Waals surface area contributed by atoms with Gasteiger partial charge in [0.2, 0.25) is 0 Å². The van der Waals surface area contributed by atoms with Gasteiger partial charge in [0.05, 0.1) is 0 Å². The third kappa shape index (κ3) is 3.81. The maximum Gasteiger partial charge on any atom is 0.118 e. The van der Waals surface area contributed by atoms with E-state index >= 15 is 0 Å². The van der Waals surface area contributed by atoms with Crippen LogP contribution in [-0.2, 0) is 29.0 Å². The molecule has 0 aliphatic carbocycles. The minimum atomic E-state index is -2.21. The van der Waals surface area contributed by atoms with Crippen molar-refractivity contribution in [3.05, 3.63) is 58.7 Å². The molecule has 1 N–H and O–H groups in total. The molecular weight excluding hydrogens is 342 g/mol. The first-order valence-electron chi connectivity index (χ1n) is 9.04. The lowest BCUT2D eigenvalue weighted by molar-refractivity contribution is 0.109. The van der Waals surface area contributed by atoms with Crippen LogP contribution in [0.5, 0.6) is 5.75 Å². The Morgan fingerprint density at radius 3 is 2.62 bits per heavy atom. The second kappa shape index (κ2) is 6.75. The van der Waals surface area contributed by atoms with E-state index < -0.39 is 9.52 Å². The molecule has 1 heterocycles. The molecule has 2 aromatic rings. The van der Waals surface area contributed by atoms with Crippen molar-refractivity contribution in [1.29, 1.82) is 0 Å². The Hall–Kier alpha value is -1.78. The molecule has 3 nitrogen and oxygen atoms in total. The van der Waals surface area contributed by atoms with Gasteiger partial charge < -0.3 is 5.11 Å². The van der Waals surface area contributed by atoms with Gasteiger partial charge in [-0.25, -0.2) is 0 Å². The van der Waals surface area contributed by atoms with Gasteiger partial charge in [0, 0.05) is 29.8 Å². The van der Waals surface area contributed by atoms with Gasteiger partial charge in [0.1, 0.15) is 5.75 Å². The molecule has 1 aliphatic heterocycles. The fourth-order valence-corrected chi connectivity index (χ4v) is 4.79. The zero-order valence-corrected chi connectivity index (χ0v) is 17.0. The van der Waals surface area contributed by atoms with Crippen LogP contribution in [0.4, 0.5) is 0 Å². The Labute approximate surface area is 157 Å². The molecule has 1 unspecified atom stereocenters. The summed E-state index contributed by atoms with van der Waals surface area (Å²) in [5.74, 6) is 4.24. The third-order valence-corrected chi connectivity index (χ3v) is 6.86. The molecule has 0 amide bonds. The zero-order chi connectivity index (χ0) is 19.1. The van der Waals surface area contributed by atoms with E-state index in [0.717, 1.165) is 36.4 Å². The summed E-state index contributed by atoms with van der Waals surface area (Å²) in [4.78, 5) is 3.38. The largest absolute Gasteiger partial charge is 0.508 e. The van der Waals surface area contributed by atoms with Gasteiger partial charge in [0.25, 0.3) is 0 Å². The minimum absolute atomic E-state index is 0.0257. The number of aromatic hydroxyl groups is 1. The summed E-state index contributed by atoms with van der Waals surface area (Å²) in [5, 5.41) is 9.70. The first kappa shape index (κ1) is 19.0. The van der Waals surface area contributed by atoms with Crippen LogP contribution < -0.4 is 0 Å². The standard InChI is InChI=1S/C22H29NO2S/c1-16-13-17(9-10-20(16)24)11-12-22(2,3)23-14-18-7-6-8-21(19(18)15-23)26(4,5)25/h6-10,13,24H,4,11-12,14-15H2,1-3,5H3. The van der Waals surface area contributed by atoms with E-state index in [1.807, 2.05) is 25.1 Å².